The number of hydrogen-bond donors (Lipinski definition) is 0. The van der Waals surface area contributed by atoms with Crippen molar-refractivity contribution in [2.24, 2.45) is 0 Å². The zero-order valence-corrected chi connectivity index (χ0v) is 25.5. The number of fused-ring (bicyclic) bond motifs is 8. The van der Waals surface area contributed by atoms with Crippen molar-refractivity contribution in [1.82, 2.24) is 0 Å². The fraction of sp³-hybridized carbons (Fsp3) is 0. The fourth-order valence-corrected chi connectivity index (χ4v) is 6.55. The second-order valence-corrected chi connectivity index (χ2v) is 11.3. The molecule has 0 saturated heterocycles. The zero-order chi connectivity index (χ0) is 58.7. The van der Waals surface area contributed by atoms with Crippen LogP contribution in [0.25, 0.3) is 109 Å². The molecule has 0 fully saturated rings. The maximum Gasteiger partial charge on any atom is 0.136 e. The van der Waals surface area contributed by atoms with Crippen LogP contribution in [0, 0.1) is 0 Å². The Labute approximate surface area is 335 Å². The van der Waals surface area contributed by atoms with Gasteiger partial charge in [0.15, 0.2) is 0 Å². The summed E-state index contributed by atoms with van der Waals surface area (Å²) < 4.78 is 271. The van der Waals surface area contributed by atoms with Crippen LogP contribution in [0.1, 0.15) is 39.8 Å². The molecule has 0 unspecified atom stereocenters. The van der Waals surface area contributed by atoms with Crippen molar-refractivity contribution in [1.29, 1.82) is 0 Å². The highest BCUT2D eigenvalue weighted by Gasteiger charge is 2.21. The van der Waals surface area contributed by atoms with Crippen molar-refractivity contribution in [2.75, 3.05) is 0 Å². The van der Waals surface area contributed by atoms with Crippen LogP contribution in [-0.2, 0) is 0 Å². The van der Waals surface area contributed by atoms with Crippen LogP contribution in [0.5, 0.6) is 0 Å². The maximum atomic E-state index is 9.83. The third kappa shape index (κ3) is 4.22. The molecular formula is C50H30O. The van der Waals surface area contributed by atoms with Gasteiger partial charge in [0.2, 0.25) is 0 Å². The fourth-order valence-electron chi connectivity index (χ4n) is 6.55. The number of hydrogen-bond acceptors (Lipinski definition) is 1. The second-order valence-electron chi connectivity index (χ2n) is 11.3. The van der Waals surface area contributed by atoms with Crippen molar-refractivity contribution in [3.8, 4) is 33.4 Å². The molecule has 0 radical (unpaired) electrons. The minimum Gasteiger partial charge on any atom is -0.456 e. The van der Waals surface area contributed by atoms with Crippen LogP contribution in [0.3, 0.4) is 0 Å². The molecule has 0 aliphatic rings. The Morgan fingerprint density at radius 2 is 0.902 bits per heavy atom. The van der Waals surface area contributed by atoms with Crippen molar-refractivity contribution in [3.05, 3.63) is 181 Å². The van der Waals surface area contributed by atoms with Crippen LogP contribution < -0.4 is 0 Å². The molecule has 0 spiro atoms. The number of benzene rings is 10. The molecular weight excluding hydrogens is 617 g/mol. The van der Waals surface area contributed by atoms with Gasteiger partial charge in [-0.3, -0.25) is 0 Å². The lowest BCUT2D eigenvalue weighted by atomic mass is 9.83. The Bertz CT molecular complexity index is 4860. The Kier molecular flexibility index (Phi) is 2.56. The van der Waals surface area contributed by atoms with Gasteiger partial charge in [0.25, 0.3) is 0 Å². The first-order chi connectivity index (χ1) is 37.4. The van der Waals surface area contributed by atoms with E-state index in [1.807, 2.05) is 0 Å². The molecule has 0 bridgehead atoms. The summed E-state index contributed by atoms with van der Waals surface area (Å²) in [5.41, 5.74) is -5.65. The van der Waals surface area contributed by atoms with Gasteiger partial charge in [-0.1, -0.05) is 157 Å². The molecule has 10 aromatic carbocycles. The Morgan fingerprint density at radius 1 is 0.333 bits per heavy atom. The smallest absolute Gasteiger partial charge is 0.136 e. The first-order valence-electron chi connectivity index (χ1n) is 29.7. The maximum absolute atomic E-state index is 9.83. The standard InChI is InChI=1S/C50H30O/c1-2-13-33-28-36(27-26-31(33)12-1)48-37-18-5-7-20-40(37)49(41-21-8-6-19-38(41)48)43-24-10-17-32-16-9-22-39(47(32)43)42-23-11-25-45-50(42)44-29-34-14-3-4-15-35(34)30-46(44)51-45/h1-30H/i1D,2D,3D,4D,5D,6D,7D,8D,9D,10D,11D,12D,13D,14D,15D,16D,17D,18D,19D,20D,22D,23D,24D,25D,26D,27D,28D,29D,30D. The van der Waals surface area contributed by atoms with Crippen LogP contribution in [0.4, 0.5) is 0 Å². The van der Waals surface area contributed by atoms with E-state index in [0.29, 0.717) is 0 Å². The molecule has 0 N–H and O–H groups in total. The Balaban J connectivity index is 1.48. The Hall–Kier alpha value is -6.70. The molecule has 11 rings (SSSR count). The summed E-state index contributed by atoms with van der Waals surface area (Å²) in [6, 6.07) is -25.4. The van der Waals surface area contributed by atoms with E-state index in [1.54, 1.807) is 0 Å². The minimum absolute atomic E-state index is 0.494. The monoisotopic (exact) mass is 675 g/mol. The molecule has 0 amide bonds. The summed E-state index contributed by atoms with van der Waals surface area (Å²) in [7, 11) is 0. The second kappa shape index (κ2) is 10.9. The van der Waals surface area contributed by atoms with Gasteiger partial charge in [0.1, 0.15) is 11.2 Å². The average molecular weight is 676 g/mol. The van der Waals surface area contributed by atoms with E-state index in [4.69, 9.17) is 25.0 Å². The molecule has 0 aliphatic heterocycles. The van der Waals surface area contributed by atoms with E-state index in [-0.39, 0.29) is 0 Å². The lowest BCUT2D eigenvalue weighted by molar-refractivity contribution is 0.669. The van der Waals surface area contributed by atoms with E-state index in [2.05, 4.69) is 0 Å². The molecule has 1 nitrogen and oxygen atoms in total. The summed E-state index contributed by atoms with van der Waals surface area (Å²) in [5, 5.41) is -7.43. The van der Waals surface area contributed by atoms with Gasteiger partial charge in [-0.2, -0.15) is 0 Å². The van der Waals surface area contributed by atoms with E-state index >= 15 is 0 Å². The van der Waals surface area contributed by atoms with Crippen LogP contribution in [0.2, 0.25) is 0 Å². The average Bonchev–Trinajstić information content (AvgIpc) is 3.26. The van der Waals surface area contributed by atoms with Gasteiger partial charge in [0, 0.05) is 10.8 Å². The summed E-state index contributed by atoms with van der Waals surface area (Å²) >= 11 is 0. The van der Waals surface area contributed by atoms with Crippen LogP contribution in [0.15, 0.2) is 186 Å². The van der Waals surface area contributed by atoms with Gasteiger partial charge in [-0.15, -0.1) is 0 Å². The lowest BCUT2D eigenvalue weighted by Gasteiger charge is -2.20. The minimum atomic E-state index is -1.05. The van der Waals surface area contributed by atoms with Crippen molar-refractivity contribution in [2.45, 2.75) is 0 Å². The molecule has 0 aliphatic carbocycles. The first kappa shape index (κ1) is 12.0. The highest BCUT2D eigenvalue weighted by Crippen LogP contribution is 2.48. The molecule has 0 atom stereocenters. The molecule has 236 valence electrons. The SMILES string of the molecule is [2H]c1cc2c(-c3c([2H])c([2H])c([2H])c4c([2H])c([2H])c([2H])c(-c5c([2H])c([2H])c([2H])c6oc7c([2H])c8c([2H])c([2H])c([2H])c([2H])c8c([2H])c7c56)c34)c3c([2H])c([2H])c([2H])c([2H])c3c(-c3c([2H])c([2H])c4c([2H])c([2H])c([2H])c([2H])c4c3[2H])c2c([2H])c1[2H]. The predicted molar refractivity (Wildman–Crippen MR) is 218 cm³/mol. The zero-order valence-electron chi connectivity index (χ0n) is 54.5. The lowest BCUT2D eigenvalue weighted by Crippen LogP contribution is -1.93. The molecule has 0 saturated carbocycles. The number of furan rings is 1. The largest absolute Gasteiger partial charge is 0.456 e. The van der Waals surface area contributed by atoms with Gasteiger partial charge in [0.05, 0.1) is 39.8 Å². The first-order valence-corrected chi connectivity index (χ1v) is 15.2. The summed E-state index contributed by atoms with van der Waals surface area (Å²) in [6.07, 6.45) is 0. The highest BCUT2D eigenvalue weighted by atomic mass is 16.3. The van der Waals surface area contributed by atoms with E-state index in [0.717, 1.165) is 6.07 Å². The predicted octanol–water partition coefficient (Wildman–Crippen LogP) is 14.4. The summed E-state index contributed by atoms with van der Waals surface area (Å²) in [5.74, 6) is 0. The van der Waals surface area contributed by atoms with Gasteiger partial charge >= 0.3 is 0 Å². The van der Waals surface area contributed by atoms with E-state index in [1.165, 1.54) is 0 Å². The van der Waals surface area contributed by atoms with Gasteiger partial charge in [-0.05, 0) is 111 Å². The number of rotatable bonds is 3. The van der Waals surface area contributed by atoms with Crippen molar-refractivity contribution >= 4 is 75.8 Å². The highest BCUT2D eigenvalue weighted by molar-refractivity contribution is 6.26. The molecule has 1 heteroatoms. The van der Waals surface area contributed by atoms with E-state index < -0.39 is 284 Å². The van der Waals surface area contributed by atoms with Gasteiger partial charge in [-0.25, -0.2) is 0 Å². The normalized spacial score (nSPS) is 19.9. The third-order valence-electron chi connectivity index (χ3n) is 8.65. The summed E-state index contributed by atoms with van der Waals surface area (Å²) in [6.45, 7) is 0. The molecule has 11 aromatic rings. The Morgan fingerprint density at radius 3 is 1.69 bits per heavy atom. The molecule has 1 aromatic heterocycles. The third-order valence-corrected chi connectivity index (χ3v) is 8.65. The van der Waals surface area contributed by atoms with Gasteiger partial charge < -0.3 is 4.42 Å². The summed E-state index contributed by atoms with van der Waals surface area (Å²) in [4.78, 5) is 0. The topological polar surface area (TPSA) is 13.1 Å². The quantitative estimate of drug-likeness (QED) is 0.170. The van der Waals surface area contributed by atoms with Crippen molar-refractivity contribution in [3.63, 3.8) is 0 Å². The van der Waals surface area contributed by atoms with Crippen LogP contribution >= 0.6 is 0 Å². The van der Waals surface area contributed by atoms with E-state index in [9.17, 15) is 19.2 Å². The molecule has 1 heterocycles. The molecule has 51 heavy (non-hydrogen) atoms. The van der Waals surface area contributed by atoms with Crippen LogP contribution in [-0.4, -0.2) is 0 Å². The van der Waals surface area contributed by atoms with Crippen molar-refractivity contribution < 1.29 is 44.2 Å².